The number of nitrogens with zero attached hydrogens (tertiary/aromatic N) is 3. The van der Waals surface area contributed by atoms with Gasteiger partial charge in [-0.2, -0.15) is 5.26 Å². The molecule has 1 aromatic carbocycles. The summed E-state index contributed by atoms with van der Waals surface area (Å²) in [6.07, 6.45) is 3.96. The van der Waals surface area contributed by atoms with Gasteiger partial charge >= 0.3 is 0 Å². The lowest BCUT2D eigenvalue weighted by atomic mass is 10.0. The molecule has 156 valence electrons. The molecule has 0 bridgehead atoms. The summed E-state index contributed by atoms with van der Waals surface area (Å²) in [5.41, 5.74) is 1.70. The third-order valence-electron chi connectivity index (χ3n) is 5.64. The van der Waals surface area contributed by atoms with Gasteiger partial charge in [0.05, 0.1) is 17.7 Å². The number of hydrogen-bond acceptors (Lipinski definition) is 5. The number of carbonyl (C=O) groups is 2. The van der Waals surface area contributed by atoms with Gasteiger partial charge in [0.15, 0.2) is 0 Å². The maximum absolute atomic E-state index is 12.4. The van der Waals surface area contributed by atoms with Gasteiger partial charge in [0.1, 0.15) is 0 Å². The smallest absolute Gasteiger partial charge is 0.222 e. The van der Waals surface area contributed by atoms with E-state index >= 15 is 0 Å². The molecule has 2 atom stereocenters. The van der Waals surface area contributed by atoms with Crippen molar-refractivity contribution in [1.82, 2.24) is 15.1 Å². The molecule has 1 aromatic rings. The Kier molecular flexibility index (Phi) is 7.62. The van der Waals surface area contributed by atoms with Crippen LogP contribution in [0.3, 0.4) is 0 Å². The minimum Gasteiger partial charge on any atom is -0.392 e. The first-order valence-electron chi connectivity index (χ1n) is 10.5. The van der Waals surface area contributed by atoms with Crippen LogP contribution in [0, 0.1) is 11.3 Å². The predicted molar refractivity (Wildman–Crippen MR) is 109 cm³/mol. The number of benzene rings is 1. The van der Waals surface area contributed by atoms with Gasteiger partial charge in [-0.15, -0.1) is 0 Å². The van der Waals surface area contributed by atoms with Gasteiger partial charge in [-0.1, -0.05) is 18.6 Å². The molecular weight excluding hydrogens is 368 g/mol. The molecule has 0 radical (unpaired) electrons. The fraction of sp³-hybridized carbons (Fsp3) is 0.591. The van der Waals surface area contributed by atoms with Crippen LogP contribution in [-0.4, -0.2) is 65.0 Å². The molecule has 29 heavy (non-hydrogen) atoms. The number of aliphatic hydroxyl groups is 1. The molecule has 2 amide bonds. The second-order valence-corrected chi connectivity index (χ2v) is 8.10. The van der Waals surface area contributed by atoms with E-state index in [0.29, 0.717) is 51.0 Å². The van der Waals surface area contributed by atoms with E-state index in [1.807, 2.05) is 12.1 Å². The molecule has 3 rings (SSSR count). The number of likely N-dealkylation sites (tertiary alicyclic amines) is 2. The Morgan fingerprint density at radius 3 is 2.76 bits per heavy atom. The van der Waals surface area contributed by atoms with Crippen molar-refractivity contribution in [3.8, 4) is 6.07 Å². The Labute approximate surface area is 172 Å². The summed E-state index contributed by atoms with van der Waals surface area (Å²) in [7, 11) is 0. The Hall–Kier alpha value is -2.43. The van der Waals surface area contributed by atoms with Gasteiger partial charge in [-0.05, 0) is 37.0 Å². The van der Waals surface area contributed by atoms with E-state index < -0.39 is 6.10 Å². The van der Waals surface area contributed by atoms with Gasteiger partial charge in [-0.3, -0.25) is 14.5 Å². The summed E-state index contributed by atoms with van der Waals surface area (Å²) in [4.78, 5) is 28.4. The Bertz CT molecular complexity index is 743. The average molecular weight is 399 g/mol. The van der Waals surface area contributed by atoms with Gasteiger partial charge in [0, 0.05) is 51.6 Å². The highest BCUT2D eigenvalue weighted by Crippen LogP contribution is 2.16. The summed E-state index contributed by atoms with van der Waals surface area (Å²) in [5.74, 6) is 0.0800. The quantitative estimate of drug-likeness (QED) is 0.755. The zero-order chi connectivity index (χ0) is 20.6. The molecule has 2 N–H and O–H groups in total. The molecule has 7 heteroatoms. The zero-order valence-corrected chi connectivity index (χ0v) is 16.8. The molecule has 2 heterocycles. The summed E-state index contributed by atoms with van der Waals surface area (Å²) in [5, 5.41) is 22.2. The van der Waals surface area contributed by atoms with E-state index in [1.165, 1.54) is 0 Å². The van der Waals surface area contributed by atoms with Crippen LogP contribution in [0.4, 0.5) is 0 Å². The molecule has 2 aliphatic rings. The maximum atomic E-state index is 12.4. The maximum Gasteiger partial charge on any atom is 0.222 e. The van der Waals surface area contributed by atoms with Crippen LogP contribution in [0.1, 0.15) is 49.7 Å². The largest absolute Gasteiger partial charge is 0.392 e. The van der Waals surface area contributed by atoms with Crippen LogP contribution in [0.15, 0.2) is 24.3 Å². The fourth-order valence-corrected chi connectivity index (χ4v) is 4.15. The molecule has 2 fully saturated rings. The number of amides is 2. The number of β-amino-alcohol motifs (C(OH)–C–C–N with tert-alkyl or cyclic N) is 1. The fourth-order valence-electron chi connectivity index (χ4n) is 4.15. The highest BCUT2D eigenvalue weighted by molar-refractivity contribution is 5.79. The predicted octanol–water partition coefficient (Wildman–Crippen LogP) is 1.40. The van der Waals surface area contributed by atoms with E-state index in [-0.39, 0.29) is 17.9 Å². The van der Waals surface area contributed by atoms with Crippen molar-refractivity contribution in [3.05, 3.63) is 35.4 Å². The summed E-state index contributed by atoms with van der Waals surface area (Å²) in [6.45, 7) is 3.11. The van der Waals surface area contributed by atoms with Crippen LogP contribution >= 0.6 is 0 Å². The van der Waals surface area contributed by atoms with E-state index in [0.717, 1.165) is 31.4 Å². The summed E-state index contributed by atoms with van der Waals surface area (Å²) >= 11 is 0. The van der Waals surface area contributed by atoms with Crippen molar-refractivity contribution < 1.29 is 14.7 Å². The van der Waals surface area contributed by atoms with Crippen molar-refractivity contribution in [2.75, 3.05) is 26.2 Å². The first-order valence-corrected chi connectivity index (χ1v) is 10.5. The minimum atomic E-state index is -0.486. The van der Waals surface area contributed by atoms with Gasteiger partial charge in [0.25, 0.3) is 0 Å². The van der Waals surface area contributed by atoms with Gasteiger partial charge in [0.2, 0.25) is 11.8 Å². The number of hydrogen-bond donors (Lipinski definition) is 2. The lowest BCUT2D eigenvalue weighted by molar-refractivity contribution is -0.131. The Morgan fingerprint density at radius 2 is 2.00 bits per heavy atom. The van der Waals surface area contributed by atoms with E-state index in [4.69, 9.17) is 5.26 Å². The van der Waals surface area contributed by atoms with E-state index in [2.05, 4.69) is 16.3 Å². The Balaban J connectivity index is 1.47. The third-order valence-corrected chi connectivity index (χ3v) is 5.64. The van der Waals surface area contributed by atoms with Crippen molar-refractivity contribution in [3.63, 3.8) is 0 Å². The van der Waals surface area contributed by atoms with Crippen molar-refractivity contribution >= 4 is 11.8 Å². The minimum absolute atomic E-state index is 0.0699. The molecule has 0 saturated carbocycles. The molecule has 7 nitrogen and oxygen atoms in total. The van der Waals surface area contributed by atoms with Crippen LogP contribution < -0.4 is 5.32 Å². The number of nitrogens with one attached hydrogen (secondary N) is 1. The molecule has 0 aromatic heterocycles. The molecule has 2 aliphatic heterocycles. The SMILES string of the molecule is N#Cc1ccc(CN2C[C@H](O)C[C@H](NC(=O)CCN3CCCCCC3=O)C2)cc1. The lowest BCUT2D eigenvalue weighted by Crippen LogP contribution is -2.52. The van der Waals surface area contributed by atoms with Gasteiger partial charge in [-0.25, -0.2) is 0 Å². The second-order valence-electron chi connectivity index (χ2n) is 8.10. The highest BCUT2D eigenvalue weighted by atomic mass is 16.3. The van der Waals surface area contributed by atoms with Crippen molar-refractivity contribution in [2.45, 2.75) is 57.2 Å². The average Bonchev–Trinajstić information content (AvgIpc) is 2.90. The van der Waals surface area contributed by atoms with Crippen LogP contribution in [0.25, 0.3) is 0 Å². The molecule has 2 saturated heterocycles. The monoisotopic (exact) mass is 398 g/mol. The third kappa shape index (κ3) is 6.55. The first-order chi connectivity index (χ1) is 14.0. The van der Waals surface area contributed by atoms with E-state index in [1.54, 1.807) is 17.0 Å². The number of piperidine rings is 1. The van der Waals surface area contributed by atoms with Gasteiger partial charge < -0.3 is 15.3 Å². The zero-order valence-electron chi connectivity index (χ0n) is 16.8. The normalized spacial score (nSPS) is 23.3. The van der Waals surface area contributed by atoms with Crippen LogP contribution in [-0.2, 0) is 16.1 Å². The lowest BCUT2D eigenvalue weighted by Gasteiger charge is -2.36. The first kappa shape index (κ1) is 21.3. The molecule has 0 unspecified atom stereocenters. The second kappa shape index (κ2) is 10.4. The molecule has 0 aliphatic carbocycles. The van der Waals surface area contributed by atoms with Crippen molar-refractivity contribution in [1.29, 1.82) is 5.26 Å². The number of aliphatic hydroxyl groups excluding tert-OH is 1. The van der Waals surface area contributed by atoms with E-state index in [9.17, 15) is 14.7 Å². The Morgan fingerprint density at radius 1 is 1.21 bits per heavy atom. The standard InChI is InChI=1S/C22H30N4O3/c23-13-17-5-7-18(8-6-17)14-25-15-19(12-20(27)16-25)24-21(28)9-11-26-10-3-1-2-4-22(26)29/h5-8,19-20,27H,1-4,9-12,14-16H2,(H,24,28)/t19-,20+/m0/s1. The topological polar surface area (TPSA) is 96.7 Å². The van der Waals surface area contributed by atoms with Crippen molar-refractivity contribution in [2.24, 2.45) is 0 Å². The number of nitriles is 1. The number of carbonyl (C=O) groups excluding carboxylic acids is 2. The summed E-state index contributed by atoms with van der Waals surface area (Å²) < 4.78 is 0. The molecular formula is C22H30N4O3. The highest BCUT2D eigenvalue weighted by Gasteiger charge is 2.27. The summed E-state index contributed by atoms with van der Waals surface area (Å²) in [6, 6.07) is 9.43. The van der Waals surface area contributed by atoms with Crippen LogP contribution in [0.5, 0.6) is 0 Å². The molecule has 0 spiro atoms. The number of rotatable bonds is 6. The van der Waals surface area contributed by atoms with Crippen LogP contribution in [0.2, 0.25) is 0 Å².